The summed E-state index contributed by atoms with van der Waals surface area (Å²) >= 11 is 5.96. The number of hydrogen-bond acceptors (Lipinski definition) is 4. The van der Waals surface area contributed by atoms with Crippen LogP contribution in [-0.4, -0.2) is 29.2 Å². The van der Waals surface area contributed by atoms with E-state index in [4.69, 9.17) is 11.6 Å². The molecule has 1 N–H and O–H groups in total. The summed E-state index contributed by atoms with van der Waals surface area (Å²) in [6, 6.07) is 3.16. The lowest BCUT2D eigenvalue weighted by Crippen LogP contribution is -2.42. The van der Waals surface area contributed by atoms with Crippen molar-refractivity contribution < 1.29 is 10.0 Å². The highest BCUT2D eigenvalue weighted by Crippen LogP contribution is 2.34. The first-order chi connectivity index (χ1) is 8.90. The van der Waals surface area contributed by atoms with E-state index >= 15 is 0 Å². The van der Waals surface area contributed by atoms with Gasteiger partial charge in [-0.25, -0.2) is 0 Å². The topological polar surface area (TPSA) is 66.6 Å². The summed E-state index contributed by atoms with van der Waals surface area (Å²) < 4.78 is 0. The zero-order valence-corrected chi connectivity index (χ0v) is 11.7. The van der Waals surface area contributed by atoms with E-state index in [9.17, 15) is 15.2 Å². The largest absolute Gasteiger partial charge is 0.393 e. The van der Waals surface area contributed by atoms with E-state index in [-0.39, 0.29) is 22.7 Å². The van der Waals surface area contributed by atoms with Crippen molar-refractivity contribution in [3.63, 3.8) is 0 Å². The predicted molar refractivity (Wildman–Crippen MR) is 74.8 cm³/mol. The molecule has 19 heavy (non-hydrogen) atoms. The van der Waals surface area contributed by atoms with E-state index in [0.29, 0.717) is 6.42 Å². The summed E-state index contributed by atoms with van der Waals surface area (Å²) in [5, 5.41) is 20.7. The molecule has 2 unspecified atom stereocenters. The molecule has 2 rings (SSSR count). The molecule has 1 aliphatic heterocycles. The number of hydrogen-bond donors (Lipinski definition) is 1. The van der Waals surface area contributed by atoms with Gasteiger partial charge in [0.2, 0.25) is 0 Å². The van der Waals surface area contributed by atoms with E-state index in [0.717, 1.165) is 24.3 Å². The van der Waals surface area contributed by atoms with Crippen molar-refractivity contribution in [3.8, 4) is 0 Å². The van der Waals surface area contributed by atoms with Crippen molar-refractivity contribution in [3.05, 3.63) is 32.8 Å². The zero-order valence-electron chi connectivity index (χ0n) is 11.0. The van der Waals surface area contributed by atoms with Crippen molar-refractivity contribution in [1.82, 2.24) is 0 Å². The molecule has 0 radical (unpaired) electrons. The van der Waals surface area contributed by atoms with Crippen LogP contribution in [0.2, 0.25) is 5.02 Å². The van der Waals surface area contributed by atoms with E-state index in [1.807, 2.05) is 13.8 Å². The quantitative estimate of drug-likeness (QED) is 0.670. The Bertz CT molecular complexity index is 507. The van der Waals surface area contributed by atoms with Crippen LogP contribution in [0.15, 0.2) is 12.1 Å². The monoisotopic (exact) mass is 284 g/mol. The number of aliphatic hydroxyl groups excluding tert-OH is 1. The highest BCUT2D eigenvalue weighted by Gasteiger charge is 2.26. The fraction of sp³-hybridized carbons (Fsp3) is 0.538. The Balaban J connectivity index is 2.31. The van der Waals surface area contributed by atoms with Gasteiger partial charge in [-0.3, -0.25) is 10.1 Å². The van der Waals surface area contributed by atoms with Crippen LogP contribution in [-0.2, 0) is 0 Å². The van der Waals surface area contributed by atoms with Gasteiger partial charge in [0.25, 0.3) is 5.69 Å². The number of nitro benzene ring substituents is 1. The van der Waals surface area contributed by atoms with Crippen molar-refractivity contribution in [2.45, 2.75) is 26.4 Å². The third-order valence-corrected chi connectivity index (χ3v) is 3.97. The van der Waals surface area contributed by atoms with Crippen LogP contribution in [0.25, 0.3) is 0 Å². The Morgan fingerprint density at radius 1 is 1.53 bits per heavy atom. The second-order valence-electron chi connectivity index (χ2n) is 5.13. The number of aryl methyl sites for hydroxylation is 1. The Morgan fingerprint density at radius 3 is 2.79 bits per heavy atom. The summed E-state index contributed by atoms with van der Waals surface area (Å²) in [6.45, 7) is 5.31. The number of halogens is 1. The summed E-state index contributed by atoms with van der Waals surface area (Å²) in [5.74, 6) is 0.183. The van der Waals surface area contributed by atoms with Crippen LogP contribution >= 0.6 is 11.6 Å². The number of nitrogens with zero attached hydrogens (tertiary/aromatic N) is 2. The van der Waals surface area contributed by atoms with Crippen molar-refractivity contribution >= 4 is 23.0 Å². The molecular formula is C13H17ClN2O3. The van der Waals surface area contributed by atoms with Crippen LogP contribution in [0.3, 0.4) is 0 Å². The molecule has 0 amide bonds. The minimum absolute atomic E-state index is 0.0620. The molecule has 1 saturated heterocycles. The zero-order chi connectivity index (χ0) is 14.2. The van der Waals surface area contributed by atoms with Gasteiger partial charge in [-0.15, -0.1) is 0 Å². The second-order valence-corrected chi connectivity index (χ2v) is 5.53. The molecule has 0 bridgehead atoms. The number of anilines is 1. The maximum absolute atomic E-state index is 10.8. The average molecular weight is 285 g/mol. The van der Waals surface area contributed by atoms with Gasteiger partial charge >= 0.3 is 0 Å². The Kier molecular flexibility index (Phi) is 3.96. The standard InChI is InChI=1S/C13H17ClN2O3/c1-8-5-12(16(18)19)10(14)6-11(8)15-4-3-13(17)9(2)7-15/h5-6,9,13,17H,3-4,7H2,1-2H3. The van der Waals surface area contributed by atoms with Gasteiger partial charge < -0.3 is 10.0 Å². The summed E-state index contributed by atoms with van der Waals surface area (Å²) in [5.41, 5.74) is 1.68. The number of rotatable bonds is 2. The molecule has 0 aliphatic carbocycles. The van der Waals surface area contributed by atoms with Crippen LogP contribution in [0.4, 0.5) is 11.4 Å². The molecule has 5 nitrogen and oxygen atoms in total. The number of piperidine rings is 1. The number of benzene rings is 1. The Labute approximate surface area is 116 Å². The first-order valence-electron chi connectivity index (χ1n) is 6.27. The first-order valence-corrected chi connectivity index (χ1v) is 6.65. The van der Waals surface area contributed by atoms with E-state index in [2.05, 4.69) is 4.90 Å². The van der Waals surface area contributed by atoms with Gasteiger partial charge in [0.15, 0.2) is 0 Å². The fourth-order valence-electron chi connectivity index (χ4n) is 2.49. The minimum Gasteiger partial charge on any atom is -0.393 e. The lowest BCUT2D eigenvalue weighted by Gasteiger charge is -2.36. The molecule has 0 saturated carbocycles. The molecule has 2 atom stereocenters. The van der Waals surface area contributed by atoms with E-state index in [1.165, 1.54) is 6.07 Å². The number of nitro groups is 1. The van der Waals surface area contributed by atoms with Crippen LogP contribution < -0.4 is 4.90 Å². The first kappa shape index (κ1) is 14.1. The average Bonchev–Trinajstić information content (AvgIpc) is 2.35. The minimum atomic E-state index is -0.471. The highest BCUT2D eigenvalue weighted by atomic mass is 35.5. The Morgan fingerprint density at radius 2 is 2.21 bits per heavy atom. The van der Waals surface area contributed by atoms with Gasteiger partial charge in [0.05, 0.1) is 11.0 Å². The Hall–Kier alpha value is -1.33. The van der Waals surface area contributed by atoms with E-state index < -0.39 is 4.92 Å². The molecule has 1 aromatic rings. The second kappa shape index (κ2) is 5.35. The van der Waals surface area contributed by atoms with Crippen molar-refractivity contribution in [1.29, 1.82) is 0 Å². The molecule has 1 heterocycles. The molecule has 0 spiro atoms. The van der Waals surface area contributed by atoms with Gasteiger partial charge in [0, 0.05) is 24.8 Å². The highest BCUT2D eigenvalue weighted by molar-refractivity contribution is 6.33. The number of aliphatic hydroxyl groups is 1. The van der Waals surface area contributed by atoms with Gasteiger partial charge in [-0.2, -0.15) is 0 Å². The lowest BCUT2D eigenvalue weighted by atomic mass is 9.95. The lowest BCUT2D eigenvalue weighted by molar-refractivity contribution is -0.384. The molecule has 0 aromatic heterocycles. The van der Waals surface area contributed by atoms with Gasteiger partial charge in [-0.1, -0.05) is 18.5 Å². The van der Waals surface area contributed by atoms with Crippen molar-refractivity contribution in [2.75, 3.05) is 18.0 Å². The maximum atomic E-state index is 10.8. The van der Waals surface area contributed by atoms with Gasteiger partial charge in [-0.05, 0) is 30.9 Å². The fourth-order valence-corrected chi connectivity index (χ4v) is 2.72. The van der Waals surface area contributed by atoms with Crippen molar-refractivity contribution in [2.24, 2.45) is 5.92 Å². The van der Waals surface area contributed by atoms with Gasteiger partial charge in [0.1, 0.15) is 5.02 Å². The molecule has 1 aromatic carbocycles. The maximum Gasteiger partial charge on any atom is 0.288 e. The molecule has 6 heteroatoms. The van der Waals surface area contributed by atoms with Crippen LogP contribution in [0.1, 0.15) is 18.9 Å². The smallest absolute Gasteiger partial charge is 0.288 e. The molecule has 104 valence electrons. The summed E-state index contributed by atoms with van der Waals surface area (Å²) in [7, 11) is 0. The molecular weight excluding hydrogens is 268 g/mol. The predicted octanol–water partition coefficient (Wildman–Crippen LogP) is 2.76. The normalized spacial score (nSPS) is 23.5. The molecule has 1 aliphatic rings. The van der Waals surface area contributed by atoms with Crippen LogP contribution in [0, 0.1) is 23.0 Å². The van der Waals surface area contributed by atoms with Crippen LogP contribution in [0.5, 0.6) is 0 Å². The third-order valence-electron chi connectivity index (χ3n) is 3.66. The van der Waals surface area contributed by atoms with E-state index in [1.54, 1.807) is 6.07 Å². The summed E-state index contributed by atoms with van der Waals surface area (Å²) in [4.78, 5) is 12.5. The summed E-state index contributed by atoms with van der Waals surface area (Å²) in [6.07, 6.45) is 0.431. The third kappa shape index (κ3) is 2.82. The SMILES string of the molecule is Cc1cc([N+](=O)[O-])c(Cl)cc1N1CCC(O)C(C)C1. The molecule has 1 fully saturated rings.